The van der Waals surface area contributed by atoms with Gasteiger partial charge in [0.2, 0.25) is 0 Å². The maximum atomic E-state index is 13.0. The minimum atomic E-state index is -3.32. The van der Waals surface area contributed by atoms with Crippen molar-refractivity contribution in [1.82, 2.24) is 4.57 Å². The van der Waals surface area contributed by atoms with Crippen LogP contribution in [-0.4, -0.2) is 50.8 Å². The monoisotopic (exact) mass is 579 g/mol. The molecule has 3 rings (SSSR count). The first kappa shape index (κ1) is 27.8. The van der Waals surface area contributed by atoms with Crippen molar-refractivity contribution in [2.24, 2.45) is 0 Å². The van der Waals surface area contributed by atoms with Crippen LogP contribution in [0.2, 0.25) is 0 Å². The van der Waals surface area contributed by atoms with Crippen LogP contribution in [0.3, 0.4) is 0 Å². The smallest absolute Gasteiger partial charge is 0.419 e. The van der Waals surface area contributed by atoms with E-state index in [0.29, 0.717) is 39.7 Å². The minimum absolute atomic E-state index is 0.195. The molecule has 8 nitrogen and oxygen atoms in total. The van der Waals surface area contributed by atoms with Gasteiger partial charge < -0.3 is 18.9 Å². The molecule has 2 aromatic carbocycles. The van der Waals surface area contributed by atoms with Gasteiger partial charge >= 0.3 is 6.09 Å². The first-order valence-corrected chi connectivity index (χ1v) is 13.8. The molecule has 0 amide bonds. The SMILES string of the molecule is COCC(C)Oc1cc(Oc2ccc(S(C)(=O)=O)cc2)cc(-c2ccc(Br)n2C(=O)OC(C)(C)C)c1. The summed E-state index contributed by atoms with van der Waals surface area (Å²) in [5, 5.41) is 0. The summed E-state index contributed by atoms with van der Waals surface area (Å²) < 4.78 is 48.3. The second-order valence-electron chi connectivity index (χ2n) is 9.28. The molecule has 1 atom stereocenters. The Labute approximate surface area is 220 Å². The van der Waals surface area contributed by atoms with E-state index >= 15 is 0 Å². The highest BCUT2D eigenvalue weighted by Gasteiger charge is 2.23. The zero-order chi connectivity index (χ0) is 26.7. The molecular formula is C26H30BrNO7S. The molecule has 0 N–H and O–H groups in total. The van der Waals surface area contributed by atoms with Crippen LogP contribution in [0.5, 0.6) is 17.2 Å². The van der Waals surface area contributed by atoms with Crippen molar-refractivity contribution in [2.45, 2.75) is 44.3 Å². The largest absolute Gasteiger partial charge is 0.488 e. The fourth-order valence-electron chi connectivity index (χ4n) is 3.37. The zero-order valence-electron chi connectivity index (χ0n) is 21.1. The van der Waals surface area contributed by atoms with Crippen molar-refractivity contribution in [3.05, 3.63) is 59.2 Å². The molecular weight excluding hydrogens is 550 g/mol. The van der Waals surface area contributed by atoms with Gasteiger partial charge in [0.1, 0.15) is 29.0 Å². The van der Waals surface area contributed by atoms with Crippen LogP contribution < -0.4 is 9.47 Å². The molecule has 0 aliphatic rings. The van der Waals surface area contributed by atoms with Crippen molar-refractivity contribution in [3.63, 3.8) is 0 Å². The van der Waals surface area contributed by atoms with Crippen LogP contribution >= 0.6 is 15.9 Å². The van der Waals surface area contributed by atoms with Crippen LogP contribution in [0.25, 0.3) is 11.3 Å². The number of nitrogens with zero attached hydrogens (tertiary/aromatic N) is 1. The number of benzene rings is 2. The van der Waals surface area contributed by atoms with Crippen LogP contribution in [0, 0.1) is 0 Å². The number of hydrogen-bond donors (Lipinski definition) is 0. The number of carbonyl (C=O) groups excluding carboxylic acids is 1. The first-order chi connectivity index (χ1) is 16.8. The van der Waals surface area contributed by atoms with Gasteiger partial charge in [0.05, 0.1) is 21.8 Å². The number of halogens is 1. The molecule has 0 aliphatic heterocycles. The molecule has 0 bridgehead atoms. The van der Waals surface area contributed by atoms with E-state index in [4.69, 9.17) is 18.9 Å². The van der Waals surface area contributed by atoms with Crippen molar-refractivity contribution < 1.29 is 32.2 Å². The Balaban J connectivity index is 2.03. The third kappa shape index (κ3) is 7.35. The van der Waals surface area contributed by atoms with Gasteiger partial charge in [-0.1, -0.05) is 0 Å². The molecule has 0 saturated carbocycles. The predicted octanol–water partition coefficient (Wildman–Crippen LogP) is 6.31. The van der Waals surface area contributed by atoms with Gasteiger partial charge in [-0.15, -0.1) is 0 Å². The van der Waals surface area contributed by atoms with E-state index in [2.05, 4.69) is 15.9 Å². The Hall–Kier alpha value is -2.82. The molecule has 0 fully saturated rings. The number of rotatable bonds is 8. The molecule has 3 aromatic rings. The summed E-state index contributed by atoms with van der Waals surface area (Å²) in [5.41, 5.74) is 0.542. The maximum Gasteiger partial charge on any atom is 0.419 e. The van der Waals surface area contributed by atoms with E-state index < -0.39 is 21.5 Å². The van der Waals surface area contributed by atoms with Crippen molar-refractivity contribution in [3.8, 4) is 28.5 Å². The summed E-state index contributed by atoms with van der Waals surface area (Å²) in [6.45, 7) is 7.66. The molecule has 1 unspecified atom stereocenters. The normalized spacial score (nSPS) is 12.8. The van der Waals surface area contributed by atoms with Crippen molar-refractivity contribution in [2.75, 3.05) is 20.0 Å². The van der Waals surface area contributed by atoms with E-state index in [0.717, 1.165) is 6.26 Å². The van der Waals surface area contributed by atoms with Gasteiger partial charge in [0.15, 0.2) is 9.84 Å². The van der Waals surface area contributed by atoms with Gasteiger partial charge in [0.25, 0.3) is 0 Å². The molecule has 1 heterocycles. The lowest BCUT2D eigenvalue weighted by Crippen LogP contribution is -2.27. The van der Waals surface area contributed by atoms with E-state index in [1.807, 2.05) is 6.92 Å². The Kier molecular flexibility index (Phi) is 8.53. The summed E-state index contributed by atoms with van der Waals surface area (Å²) in [6, 6.07) is 15.0. The van der Waals surface area contributed by atoms with E-state index in [-0.39, 0.29) is 11.0 Å². The van der Waals surface area contributed by atoms with Crippen molar-refractivity contribution in [1.29, 1.82) is 0 Å². The lowest BCUT2D eigenvalue weighted by atomic mass is 10.1. The second kappa shape index (κ2) is 11.1. The van der Waals surface area contributed by atoms with Gasteiger partial charge in [-0.2, -0.15) is 0 Å². The van der Waals surface area contributed by atoms with E-state index in [1.165, 1.54) is 16.7 Å². The number of hydrogen-bond acceptors (Lipinski definition) is 7. The van der Waals surface area contributed by atoms with Crippen LogP contribution in [0.4, 0.5) is 4.79 Å². The quantitative estimate of drug-likeness (QED) is 0.308. The van der Waals surface area contributed by atoms with E-state index in [9.17, 15) is 13.2 Å². The number of ether oxygens (including phenoxy) is 4. The molecule has 36 heavy (non-hydrogen) atoms. The number of sulfone groups is 1. The first-order valence-electron chi connectivity index (χ1n) is 11.2. The third-order valence-corrected chi connectivity index (χ3v) is 6.56. The zero-order valence-corrected chi connectivity index (χ0v) is 23.5. The Morgan fingerprint density at radius 1 is 1.00 bits per heavy atom. The number of aromatic nitrogens is 1. The summed E-state index contributed by atoms with van der Waals surface area (Å²) in [7, 11) is -1.73. The Bertz CT molecular complexity index is 1330. The van der Waals surface area contributed by atoms with Gasteiger partial charge in [-0.25, -0.2) is 17.8 Å². The average Bonchev–Trinajstić information content (AvgIpc) is 3.14. The van der Waals surface area contributed by atoms with Crippen LogP contribution in [0.15, 0.2) is 64.1 Å². The molecule has 1 aromatic heterocycles. The summed E-state index contributed by atoms with van der Waals surface area (Å²) in [6.07, 6.45) is 0.374. The highest BCUT2D eigenvalue weighted by molar-refractivity contribution is 9.10. The van der Waals surface area contributed by atoms with Gasteiger partial charge in [-0.05, 0) is 92.2 Å². The third-order valence-electron chi connectivity index (χ3n) is 4.81. The molecule has 0 radical (unpaired) electrons. The summed E-state index contributed by atoms with van der Waals surface area (Å²) in [4.78, 5) is 13.2. The van der Waals surface area contributed by atoms with Crippen molar-refractivity contribution >= 4 is 31.9 Å². The summed E-state index contributed by atoms with van der Waals surface area (Å²) in [5.74, 6) is 1.39. The van der Waals surface area contributed by atoms with E-state index in [1.54, 1.807) is 70.3 Å². The fourth-order valence-corrected chi connectivity index (χ4v) is 4.47. The highest BCUT2D eigenvalue weighted by Crippen LogP contribution is 2.35. The minimum Gasteiger partial charge on any atom is -0.488 e. The Morgan fingerprint density at radius 2 is 1.64 bits per heavy atom. The standard InChI is InChI=1S/C26H30BrNO7S/c1-17(16-32-5)33-20-13-18(23-11-12-24(27)28(23)25(29)35-26(2,3)4)14-21(15-20)34-19-7-9-22(10-8-19)36(6,30)31/h7-15,17H,16H2,1-6H3. The predicted molar refractivity (Wildman–Crippen MR) is 141 cm³/mol. The number of methoxy groups -OCH3 is 1. The van der Waals surface area contributed by atoms with Gasteiger partial charge in [0, 0.05) is 25.0 Å². The van der Waals surface area contributed by atoms with Crippen LogP contribution in [-0.2, 0) is 19.3 Å². The molecule has 0 spiro atoms. The fraction of sp³-hybridized carbons (Fsp3) is 0.346. The molecule has 0 aliphatic carbocycles. The maximum absolute atomic E-state index is 13.0. The lowest BCUT2D eigenvalue weighted by molar-refractivity contribution is 0.0536. The second-order valence-corrected chi connectivity index (χ2v) is 12.1. The lowest BCUT2D eigenvalue weighted by Gasteiger charge is -2.21. The average molecular weight is 580 g/mol. The molecule has 194 valence electrons. The van der Waals surface area contributed by atoms with Crippen LogP contribution in [0.1, 0.15) is 27.7 Å². The number of carbonyl (C=O) groups is 1. The van der Waals surface area contributed by atoms with Gasteiger partial charge in [-0.3, -0.25) is 0 Å². The molecule has 10 heteroatoms. The molecule has 0 saturated heterocycles. The highest BCUT2D eigenvalue weighted by atomic mass is 79.9. The summed E-state index contributed by atoms with van der Waals surface area (Å²) >= 11 is 3.43. The topological polar surface area (TPSA) is 93.1 Å². The Morgan fingerprint density at radius 3 is 2.22 bits per heavy atom.